The van der Waals surface area contributed by atoms with Gasteiger partial charge in [0.15, 0.2) is 0 Å². The quantitative estimate of drug-likeness (QED) is 0.582. The van der Waals surface area contributed by atoms with Gasteiger partial charge in [0.1, 0.15) is 11.9 Å². The van der Waals surface area contributed by atoms with Crippen LogP contribution in [0.2, 0.25) is 0 Å². The van der Waals surface area contributed by atoms with Crippen LogP contribution in [0, 0.1) is 0 Å². The highest BCUT2D eigenvalue weighted by Crippen LogP contribution is 2.29. The first-order valence-corrected chi connectivity index (χ1v) is 5.63. The van der Waals surface area contributed by atoms with E-state index in [1.807, 2.05) is 12.1 Å². The second kappa shape index (κ2) is 4.99. The Hall–Kier alpha value is -1.84. The molecule has 0 amide bonds. The molecule has 0 aliphatic carbocycles. The molecule has 17 heavy (non-hydrogen) atoms. The Labute approximate surface area is 99.5 Å². The smallest absolute Gasteiger partial charge is 0.308 e. The first-order valence-electron chi connectivity index (χ1n) is 5.63. The monoisotopic (exact) mass is 234 g/mol. The topological polar surface area (TPSA) is 52.6 Å². The first-order chi connectivity index (χ1) is 8.15. The maximum absolute atomic E-state index is 11.2. The van der Waals surface area contributed by atoms with Crippen LogP contribution in [0.5, 0.6) is 5.75 Å². The zero-order valence-electron chi connectivity index (χ0n) is 9.64. The summed E-state index contributed by atoms with van der Waals surface area (Å²) in [5.74, 6) is 0.00976. The van der Waals surface area contributed by atoms with Crippen molar-refractivity contribution in [3.8, 4) is 5.75 Å². The number of hydrogen-bond donors (Lipinski definition) is 0. The molecule has 1 saturated heterocycles. The standard InChI is InChI=1S/C13H14O4/c1-9(14)16-11-7-5-10(6-8-11)12-3-2-4-13(15)17-12/h5-8,12H,2-4H2,1H3/t12-/m0/s1. The van der Waals surface area contributed by atoms with E-state index in [1.165, 1.54) is 6.92 Å². The summed E-state index contributed by atoms with van der Waals surface area (Å²) >= 11 is 0. The third kappa shape index (κ3) is 3.06. The number of hydrogen-bond acceptors (Lipinski definition) is 4. The van der Waals surface area contributed by atoms with Gasteiger partial charge in [-0.1, -0.05) is 12.1 Å². The number of rotatable bonds is 2. The molecule has 1 heterocycles. The van der Waals surface area contributed by atoms with Crippen LogP contribution in [0.4, 0.5) is 0 Å². The Morgan fingerprint density at radius 1 is 1.35 bits per heavy atom. The molecule has 1 aliphatic heterocycles. The summed E-state index contributed by atoms with van der Waals surface area (Å²) in [7, 11) is 0. The second-order valence-corrected chi connectivity index (χ2v) is 4.03. The van der Waals surface area contributed by atoms with Gasteiger partial charge in [0.05, 0.1) is 0 Å². The number of benzene rings is 1. The lowest BCUT2D eigenvalue weighted by atomic mass is 10.0. The van der Waals surface area contributed by atoms with Crippen molar-refractivity contribution >= 4 is 11.9 Å². The molecule has 0 bridgehead atoms. The zero-order chi connectivity index (χ0) is 12.3. The molecule has 1 fully saturated rings. The average molecular weight is 234 g/mol. The van der Waals surface area contributed by atoms with Crippen LogP contribution in [-0.2, 0) is 14.3 Å². The predicted octanol–water partition coefficient (Wildman–Crippen LogP) is 2.38. The molecule has 1 atom stereocenters. The minimum absolute atomic E-state index is 0.148. The van der Waals surface area contributed by atoms with Crippen LogP contribution < -0.4 is 4.74 Å². The highest BCUT2D eigenvalue weighted by atomic mass is 16.5. The lowest BCUT2D eigenvalue weighted by Gasteiger charge is -2.22. The van der Waals surface area contributed by atoms with E-state index in [-0.39, 0.29) is 18.0 Å². The Bertz CT molecular complexity index is 422. The first kappa shape index (κ1) is 11.6. The molecule has 90 valence electrons. The molecule has 1 aromatic carbocycles. The second-order valence-electron chi connectivity index (χ2n) is 4.03. The van der Waals surface area contributed by atoms with Crippen LogP contribution in [0.25, 0.3) is 0 Å². The number of cyclic esters (lactones) is 1. The molecule has 2 rings (SSSR count). The third-order valence-corrected chi connectivity index (χ3v) is 2.63. The van der Waals surface area contributed by atoms with Crippen molar-refractivity contribution < 1.29 is 19.1 Å². The van der Waals surface area contributed by atoms with Gasteiger partial charge in [-0.05, 0) is 30.5 Å². The van der Waals surface area contributed by atoms with Crippen molar-refractivity contribution in [2.45, 2.75) is 32.3 Å². The van der Waals surface area contributed by atoms with Crippen molar-refractivity contribution in [1.29, 1.82) is 0 Å². The Balaban J connectivity index is 2.06. The van der Waals surface area contributed by atoms with E-state index >= 15 is 0 Å². The van der Waals surface area contributed by atoms with E-state index in [0.717, 1.165) is 18.4 Å². The van der Waals surface area contributed by atoms with Crippen LogP contribution in [0.3, 0.4) is 0 Å². The largest absolute Gasteiger partial charge is 0.457 e. The van der Waals surface area contributed by atoms with Crippen LogP contribution in [0.15, 0.2) is 24.3 Å². The van der Waals surface area contributed by atoms with Gasteiger partial charge < -0.3 is 9.47 Å². The molecule has 0 saturated carbocycles. The summed E-state index contributed by atoms with van der Waals surface area (Å²) in [6.07, 6.45) is 2.04. The van der Waals surface area contributed by atoms with E-state index in [2.05, 4.69) is 0 Å². The summed E-state index contributed by atoms with van der Waals surface area (Å²) < 4.78 is 10.2. The molecule has 0 aromatic heterocycles. The minimum Gasteiger partial charge on any atom is -0.457 e. The summed E-state index contributed by atoms with van der Waals surface area (Å²) in [4.78, 5) is 21.9. The molecule has 4 nitrogen and oxygen atoms in total. The fourth-order valence-electron chi connectivity index (χ4n) is 1.86. The van der Waals surface area contributed by atoms with Crippen LogP contribution in [0.1, 0.15) is 37.9 Å². The molecule has 0 spiro atoms. The highest BCUT2D eigenvalue weighted by molar-refractivity contribution is 5.70. The van der Waals surface area contributed by atoms with Gasteiger partial charge in [-0.15, -0.1) is 0 Å². The summed E-state index contributed by atoms with van der Waals surface area (Å²) in [5, 5.41) is 0. The fourth-order valence-corrected chi connectivity index (χ4v) is 1.86. The van der Waals surface area contributed by atoms with Crippen LogP contribution >= 0.6 is 0 Å². The third-order valence-electron chi connectivity index (χ3n) is 2.63. The molecule has 1 aromatic rings. The maximum Gasteiger partial charge on any atom is 0.308 e. The number of carbonyl (C=O) groups is 2. The van der Waals surface area contributed by atoms with Gasteiger partial charge in [-0.3, -0.25) is 9.59 Å². The van der Waals surface area contributed by atoms with Crippen LogP contribution in [-0.4, -0.2) is 11.9 Å². The SMILES string of the molecule is CC(=O)Oc1ccc([C@@H]2CCCC(=O)O2)cc1. The maximum atomic E-state index is 11.2. The van der Waals surface area contributed by atoms with E-state index < -0.39 is 0 Å². The predicted molar refractivity (Wildman–Crippen MR) is 60.4 cm³/mol. The van der Waals surface area contributed by atoms with Crippen molar-refractivity contribution in [2.24, 2.45) is 0 Å². The van der Waals surface area contributed by atoms with Gasteiger partial charge in [-0.25, -0.2) is 0 Å². The van der Waals surface area contributed by atoms with E-state index in [0.29, 0.717) is 12.2 Å². The van der Waals surface area contributed by atoms with Gasteiger partial charge in [-0.2, -0.15) is 0 Å². The molecule has 4 heteroatoms. The Morgan fingerprint density at radius 3 is 2.65 bits per heavy atom. The minimum atomic E-state index is -0.346. The molecule has 0 radical (unpaired) electrons. The number of esters is 2. The van der Waals surface area contributed by atoms with Gasteiger partial charge in [0.25, 0.3) is 0 Å². The Kier molecular flexibility index (Phi) is 3.42. The number of ether oxygens (including phenoxy) is 2. The zero-order valence-corrected chi connectivity index (χ0v) is 9.64. The summed E-state index contributed by atoms with van der Waals surface area (Å²) in [6, 6.07) is 7.06. The van der Waals surface area contributed by atoms with E-state index in [1.54, 1.807) is 12.1 Å². The van der Waals surface area contributed by atoms with Crippen molar-refractivity contribution in [2.75, 3.05) is 0 Å². The Morgan fingerprint density at radius 2 is 2.06 bits per heavy atom. The molecular weight excluding hydrogens is 220 g/mol. The molecule has 1 aliphatic rings. The molecule has 0 unspecified atom stereocenters. The average Bonchev–Trinajstić information content (AvgIpc) is 2.29. The van der Waals surface area contributed by atoms with Gasteiger partial charge in [0.2, 0.25) is 0 Å². The summed E-state index contributed by atoms with van der Waals surface area (Å²) in [5.41, 5.74) is 0.939. The lowest BCUT2D eigenvalue weighted by molar-refractivity contribution is -0.154. The normalized spacial score (nSPS) is 19.6. The van der Waals surface area contributed by atoms with E-state index in [9.17, 15) is 9.59 Å². The molecule has 0 N–H and O–H groups in total. The van der Waals surface area contributed by atoms with Crippen molar-refractivity contribution in [3.05, 3.63) is 29.8 Å². The lowest BCUT2D eigenvalue weighted by Crippen LogP contribution is -2.16. The van der Waals surface area contributed by atoms with E-state index in [4.69, 9.17) is 9.47 Å². The highest BCUT2D eigenvalue weighted by Gasteiger charge is 2.21. The van der Waals surface area contributed by atoms with Crippen molar-refractivity contribution in [1.82, 2.24) is 0 Å². The molecular formula is C13H14O4. The van der Waals surface area contributed by atoms with Crippen molar-refractivity contribution in [3.63, 3.8) is 0 Å². The van der Waals surface area contributed by atoms with Gasteiger partial charge >= 0.3 is 11.9 Å². The van der Waals surface area contributed by atoms with Gasteiger partial charge in [0, 0.05) is 13.3 Å². The summed E-state index contributed by atoms with van der Waals surface area (Å²) in [6.45, 7) is 1.36. The fraction of sp³-hybridized carbons (Fsp3) is 0.385. The number of carbonyl (C=O) groups excluding carboxylic acids is 2.